The second-order valence-electron chi connectivity index (χ2n) is 5.11. The Labute approximate surface area is 114 Å². The smallest absolute Gasteiger partial charge is 0.269 e. The number of nitro benzene ring substituents is 1. The highest BCUT2D eigenvalue weighted by Crippen LogP contribution is 2.32. The Morgan fingerprint density at radius 3 is 3.00 bits per heavy atom. The second-order valence-corrected chi connectivity index (χ2v) is 5.11. The number of carbonyl (C=O) groups is 1. The number of carbonyl (C=O) groups excluding carboxylic acids is 1. The number of nitro groups is 1. The van der Waals surface area contributed by atoms with Crippen LogP contribution in [0.1, 0.15) is 18.4 Å². The summed E-state index contributed by atoms with van der Waals surface area (Å²) in [4.78, 5) is 22.7. The van der Waals surface area contributed by atoms with E-state index in [0.29, 0.717) is 24.4 Å². The van der Waals surface area contributed by atoms with Crippen LogP contribution in [0.5, 0.6) is 0 Å². The minimum atomic E-state index is -0.774. The first-order chi connectivity index (χ1) is 9.51. The summed E-state index contributed by atoms with van der Waals surface area (Å²) in [7, 11) is 0. The molecular formula is C13H13N3O4. The SMILES string of the molecule is C[C@@]1(C(=O)C2=NNC[C@H]2c2cccc([N+](=O)[O-])c2)CO1. The molecule has 0 spiro atoms. The molecule has 104 valence electrons. The fraction of sp³-hybridized carbons (Fsp3) is 0.385. The van der Waals surface area contributed by atoms with E-state index in [4.69, 9.17) is 4.74 Å². The van der Waals surface area contributed by atoms with Crippen molar-refractivity contribution in [3.8, 4) is 0 Å². The Morgan fingerprint density at radius 1 is 1.60 bits per heavy atom. The van der Waals surface area contributed by atoms with Crippen molar-refractivity contribution in [2.45, 2.75) is 18.4 Å². The van der Waals surface area contributed by atoms with Crippen molar-refractivity contribution in [1.29, 1.82) is 0 Å². The van der Waals surface area contributed by atoms with E-state index in [9.17, 15) is 14.9 Å². The molecule has 1 aromatic rings. The van der Waals surface area contributed by atoms with Gasteiger partial charge in [-0.2, -0.15) is 5.10 Å². The first kappa shape index (κ1) is 12.7. The Balaban J connectivity index is 1.90. The Morgan fingerprint density at radius 2 is 2.35 bits per heavy atom. The number of ketones is 1. The maximum atomic E-state index is 12.3. The van der Waals surface area contributed by atoms with Gasteiger partial charge in [-0.3, -0.25) is 14.9 Å². The van der Waals surface area contributed by atoms with E-state index in [0.717, 1.165) is 0 Å². The zero-order valence-electron chi connectivity index (χ0n) is 10.8. The average molecular weight is 275 g/mol. The van der Waals surface area contributed by atoms with Crippen molar-refractivity contribution in [3.63, 3.8) is 0 Å². The maximum absolute atomic E-state index is 12.3. The number of Topliss-reactive ketones (excluding diaryl/α,β-unsaturated/α-hetero) is 1. The highest BCUT2D eigenvalue weighted by Gasteiger charge is 2.51. The summed E-state index contributed by atoms with van der Waals surface area (Å²) in [5.41, 5.74) is 3.12. The second kappa shape index (κ2) is 4.38. The first-order valence-corrected chi connectivity index (χ1v) is 6.25. The Hall–Kier alpha value is -2.28. The number of hydrazone groups is 1. The van der Waals surface area contributed by atoms with Gasteiger partial charge in [0, 0.05) is 18.7 Å². The molecular weight excluding hydrogens is 262 g/mol. The fourth-order valence-electron chi connectivity index (χ4n) is 2.25. The van der Waals surface area contributed by atoms with E-state index in [2.05, 4.69) is 10.5 Å². The lowest BCUT2D eigenvalue weighted by molar-refractivity contribution is -0.384. The summed E-state index contributed by atoms with van der Waals surface area (Å²) in [5, 5.41) is 14.9. The minimum absolute atomic E-state index is 0.00934. The van der Waals surface area contributed by atoms with Gasteiger partial charge in [0.05, 0.1) is 17.4 Å². The molecule has 1 aromatic carbocycles. The van der Waals surface area contributed by atoms with Gasteiger partial charge in [0.15, 0.2) is 5.60 Å². The molecule has 7 heteroatoms. The van der Waals surface area contributed by atoms with E-state index < -0.39 is 10.5 Å². The van der Waals surface area contributed by atoms with Crippen molar-refractivity contribution in [3.05, 3.63) is 39.9 Å². The van der Waals surface area contributed by atoms with E-state index in [1.54, 1.807) is 19.1 Å². The van der Waals surface area contributed by atoms with Crippen LogP contribution in [0, 0.1) is 10.1 Å². The molecule has 0 radical (unpaired) electrons. The zero-order chi connectivity index (χ0) is 14.3. The fourth-order valence-corrected chi connectivity index (χ4v) is 2.25. The number of nitrogens with one attached hydrogen (secondary N) is 1. The lowest BCUT2D eigenvalue weighted by Crippen LogP contribution is -2.32. The Bertz CT molecular complexity index is 622. The van der Waals surface area contributed by atoms with Gasteiger partial charge < -0.3 is 10.2 Å². The largest absolute Gasteiger partial charge is 0.361 e. The minimum Gasteiger partial charge on any atom is -0.361 e. The predicted octanol–water partition coefficient (Wildman–Crippen LogP) is 0.996. The summed E-state index contributed by atoms with van der Waals surface area (Å²) >= 11 is 0. The zero-order valence-corrected chi connectivity index (χ0v) is 10.8. The topological polar surface area (TPSA) is 97.1 Å². The third-order valence-corrected chi connectivity index (χ3v) is 3.60. The number of nitrogens with zero attached hydrogens (tertiary/aromatic N) is 2. The molecule has 0 amide bonds. The van der Waals surface area contributed by atoms with Gasteiger partial charge in [-0.15, -0.1) is 0 Å². The van der Waals surface area contributed by atoms with Crippen LogP contribution >= 0.6 is 0 Å². The van der Waals surface area contributed by atoms with Crippen LogP contribution in [-0.2, 0) is 9.53 Å². The van der Waals surface area contributed by atoms with Gasteiger partial charge in [0.25, 0.3) is 5.69 Å². The average Bonchev–Trinajstić information content (AvgIpc) is 3.02. The lowest BCUT2D eigenvalue weighted by Gasteiger charge is -2.12. The summed E-state index contributed by atoms with van der Waals surface area (Å²) in [6, 6.07) is 6.29. The molecule has 0 saturated carbocycles. The molecule has 1 N–H and O–H groups in total. The number of benzene rings is 1. The van der Waals surface area contributed by atoms with E-state index >= 15 is 0 Å². The molecule has 2 aliphatic heterocycles. The summed E-state index contributed by atoms with van der Waals surface area (Å²) in [6.45, 7) is 2.57. The number of non-ortho nitro benzene ring substituents is 1. The van der Waals surface area contributed by atoms with Crippen LogP contribution in [0.15, 0.2) is 29.4 Å². The van der Waals surface area contributed by atoms with Crippen LogP contribution in [0.25, 0.3) is 0 Å². The van der Waals surface area contributed by atoms with Crippen LogP contribution < -0.4 is 5.43 Å². The van der Waals surface area contributed by atoms with Crippen molar-refractivity contribution in [2.75, 3.05) is 13.2 Å². The number of hydrogen-bond acceptors (Lipinski definition) is 6. The van der Waals surface area contributed by atoms with Crippen molar-refractivity contribution in [1.82, 2.24) is 5.43 Å². The van der Waals surface area contributed by atoms with Crippen LogP contribution in [-0.4, -0.2) is 35.2 Å². The van der Waals surface area contributed by atoms with E-state index in [1.807, 2.05) is 0 Å². The molecule has 0 aromatic heterocycles. The molecule has 0 aliphatic carbocycles. The normalized spacial score (nSPS) is 27.6. The molecule has 1 saturated heterocycles. The number of hydrogen-bond donors (Lipinski definition) is 1. The standard InChI is InChI=1S/C13H13N3O4/c1-13(7-20-13)12(17)11-10(6-14-15-11)8-3-2-4-9(5-8)16(18)19/h2-5,10,14H,6-7H2,1H3/t10-,13-/m0/s1. The molecule has 2 aliphatic rings. The summed E-state index contributed by atoms with van der Waals surface area (Å²) in [5.74, 6) is -0.428. The van der Waals surface area contributed by atoms with Crippen LogP contribution in [0.2, 0.25) is 0 Å². The summed E-state index contributed by atoms with van der Waals surface area (Å²) in [6.07, 6.45) is 0. The molecule has 20 heavy (non-hydrogen) atoms. The third kappa shape index (κ3) is 2.05. The lowest BCUT2D eigenvalue weighted by atomic mass is 9.88. The summed E-state index contributed by atoms with van der Waals surface area (Å²) < 4.78 is 5.15. The quantitative estimate of drug-likeness (QED) is 0.502. The maximum Gasteiger partial charge on any atom is 0.269 e. The van der Waals surface area contributed by atoms with Crippen molar-refractivity contribution < 1.29 is 14.5 Å². The molecule has 0 bridgehead atoms. The van der Waals surface area contributed by atoms with Gasteiger partial charge in [-0.05, 0) is 12.5 Å². The van der Waals surface area contributed by atoms with Gasteiger partial charge >= 0.3 is 0 Å². The predicted molar refractivity (Wildman–Crippen MR) is 70.6 cm³/mol. The first-order valence-electron chi connectivity index (χ1n) is 6.25. The molecule has 2 heterocycles. The van der Waals surface area contributed by atoms with E-state index in [1.165, 1.54) is 12.1 Å². The van der Waals surface area contributed by atoms with Crippen molar-refractivity contribution >= 4 is 17.2 Å². The van der Waals surface area contributed by atoms with Gasteiger partial charge in [-0.1, -0.05) is 12.1 Å². The number of epoxide rings is 1. The Kier molecular flexibility index (Phi) is 2.79. The van der Waals surface area contributed by atoms with Gasteiger partial charge in [0.1, 0.15) is 5.71 Å². The number of rotatable bonds is 4. The highest BCUT2D eigenvalue weighted by atomic mass is 16.6. The molecule has 0 unspecified atom stereocenters. The highest BCUT2D eigenvalue weighted by molar-refractivity contribution is 6.45. The molecule has 3 rings (SSSR count). The van der Waals surface area contributed by atoms with Crippen molar-refractivity contribution in [2.24, 2.45) is 5.10 Å². The molecule has 7 nitrogen and oxygen atoms in total. The van der Waals surface area contributed by atoms with Crippen LogP contribution in [0.4, 0.5) is 5.69 Å². The van der Waals surface area contributed by atoms with Gasteiger partial charge in [0.2, 0.25) is 5.78 Å². The van der Waals surface area contributed by atoms with E-state index in [-0.39, 0.29) is 17.4 Å². The van der Waals surface area contributed by atoms with Crippen LogP contribution in [0.3, 0.4) is 0 Å². The third-order valence-electron chi connectivity index (χ3n) is 3.60. The molecule has 1 fully saturated rings. The molecule has 2 atom stereocenters. The number of ether oxygens (including phenoxy) is 1. The van der Waals surface area contributed by atoms with Gasteiger partial charge in [-0.25, -0.2) is 0 Å². The monoisotopic (exact) mass is 275 g/mol.